The minimum absolute atomic E-state index is 0. The molecule has 1 aromatic rings. The van der Waals surface area contributed by atoms with Gasteiger partial charge in [0.1, 0.15) is 5.82 Å². The summed E-state index contributed by atoms with van der Waals surface area (Å²) in [6, 6.07) is 6.27. The molecule has 0 aliphatic heterocycles. The fraction of sp³-hybridized carbons (Fsp3) is 0.200. The zero-order valence-electron chi connectivity index (χ0n) is 7.24. The van der Waals surface area contributed by atoms with Gasteiger partial charge in [-0.15, -0.1) is 19.0 Å². The van der Waals surface area contributed by atoms with E-state index in [9.17, 15) is 4.39 Å². The summed E-state index contributed by atoms with van der Waals surface area (Å²) in [5, 5.41) is 0. The lowest BCUT2D eigenvalue weighted by atomic mass is 10.0. The van der Waals surface area contributed by atoms with E-state index in [2.05, 4.69) is 6.58 Å². The Morgan fingerprint density at radius 1 is 1.46 bits per heavy atom. The van der Waals surface area contributed by atoms with E-state index in [0.717, 1.165) is 0 Å². The van der Waals surface area contributed by atoms with Gasteiger partial charge in [0.15, 0.2) is 0 Å². The molecule has 0 aromatic heterocycles. The maximum absolute atomic E-state index is 13.0. The molecule has 0 radical (unpaired) electrons. The molecule has 1 nitrogen and oxygen atoms in total. The van der Waals surface area contributed by atoms with Crippen LogP contribution in [0, 0.1) is 5.82 Å². The number of hydrogen-bond donors (Lipinski definition) is 1. The average Bonchev–Trinajstić information content (AvgIpc) is 2.05. The van der Waals surface area contributed by atoms with Gasteiger partial charge < -0.3 is 5.73 Å². The van der Waals surface area contributed by atoms with E-state index in [4.69, 9.17) is 5.73 Å². The summed E-state index contributed by atoms with van der Waals surface area (Å²) in [5.74, 6) is -0.244. The summed E-state index contributed by atoms with van der Waals surface area (Å²) < 4.78 is 13.0. The minimum Gasteiger partial charge on any atom is -0.324 e. The zero-order valence-corrected chi connectivity index (χ0v) is 8.06. The van der Waals surface area contributed by atoms with Crippen molar-refractivity contribution in [1.82, 2.24) is 0 Å². The Morgan fingerprint density at radius 2 is 2.08 bits per heavy atom. The molecule has 1 rings (SSSR count). The molecule has 0 saturated heterocycles. The van der Waals surface area contributed by atoms with Crippen LogP contribution in [0.5, 0.6) is 0 Å². The van der Waals surface area contributed by atoms with Crippen molar-refractivity contribution in [1.29, 1.82) is 0 Å². The van der Waals surface area contributed by atoms with Crippen LogP contribution in [0.25, 0.3) is 0 Å². The van der Waals surface area contributed by atoms with Crippen molar-refractivity contribution in [2.45, 2.75) is 12.5 Å². The van der Waals surface area contributed by atoms with Gasteiger partial charge in [0.2, 0.25) is 0 Å². The smallest absolute Gasteiger partial charge is 0.127 e. The Kier molecular flexibility index (Phi) is 5.35. The fourth-order valence-electron chi connectivity index (χ4n) is 1.08. The third kappa shape index (κ3) is 3.17. The third-order valence-corrected chi connectivity index (χ3v) is 1.73. The summed E-state index contributed by atoms with van der Waals surface area (Å²) in [4.78, 5) is 0. The highest BCUT2D eigenvalue weighted by atomic mass is 35.5. The molecule has 0 amide bonds. The van der Waals surface area contributed by atoms with Gasteiger partial charge in [-0.1, -0.05) is 24.3 Å². The summed E-state index contributed by atoms with van der Waals surface area (Å²) in [7, 11) is 0. The molecular formula is C10H13ClFN. The Balaban J connectivity index is 0.00000144. The lowest BCUT2D eigenvalue weighted by Crippen LogP contribution is -2.10. The van der Waals surface area contributed by atoms with Gasteiger partial charge in [-0.25, -0.2) is 4.39 Å². The van der Waals surface area contributed by atoms with Crippen molar-refractivity contribution in [3.05, 3.63) is 48.3 Å². The SMILES string of the molecule is C=CC[C@@H](N)c1ccccc1F.Cl. The van der Waals surface area contributed by atoms with E-state index >= 15 is 0 Å². The van der Waals surface area contributed by atoms with Crippen molar-refractivity contribution in [3.63, 3.8) is 0 Å². The maximum atomic E-state index is 13.0. The molecular weight excluding hydrogens is 189 g/mol. The topological polar surface area (TPSA) is 26.0 Å². The predicted octanol–water partition coefficient (Wildman–Crippen LogP) is 2.82. The van der Waals surface area contributed by atoms with Gasteiger partial charge in [-0.3, -0.25) is 0 Å². The molecule has 0 aliphatic carbocycles. The normalized spacial score (nSPS) is 11.5. The van der Waals surface area contributed by atoms with Crippen molar-refractivity contribution in [2.24, 2.45) is 5.73 Å². The predicted molar refractivity (Wildman–Crippen MR) is 55.4 cm³/mol. The fourth-order valence-corrected chi connectivity index (χ4v) is 1.08. The van der Waals surface area contributed by atoms with Gasteiger partial charge in [0.25, 0.3) is 0 Å². The second kappa shape index (κ2) is 5.73. The Hall–Kier alpha value is -0.860. The van der Waals surface area contributed by atoms with Crippen LogP contribution < -0.4 is 5.73 Å². The van der Waals surface area contributed by atoms with Crippen LogP contribution in [0.4, 0.5) is 4.39 Å². The second-order valence-electron chi connectivity index (χ2n) is 2.65. The lowest BCUT2D eigenvalue weighted by molar-refractivity contribution is 0.583. The van der Waals surface area contributed by atoms with E-state index in [0.29, 0.717) is 12.0 Å². The molecule has 1 aromatic carbocycles. The Labute approximate surface area is 83.9 Å². The molecule has 0 unspecified atom stereocenters. The number of benzene rings is 1. The Morgan fingerprint density at radius 3 is 2.62 bits per heavy atom. The lowest BCUT2D eigenvalue weighted by Gasteiger charge is -2.09. The van der Waals surface area contributed by atoms with E-state index in [1.54, 1.807) is 24.3 Å². The average molecular weight is 202 g/mol. The van der Waals surface area contributed by atoms with Gasteiger partial charge in [-0.2, -0.15) is 0 Å². The molecule has 0 bridgehead atoms. The molecule has 13 heavy (non-hydrogen) atoms. The van der Waals surface area contributed by atoms with Crippen molar-refractivity contribution in [2.75, 3.05) is 0 Å². The van der Waals surface area contributed by atoms with Gasteiger partial charge >= 0.3 is 0 Å². The van der Waals surface area contributed by atoms with Gasteiger partial charge in [0.05, 0.1) is 0 Å². The first-order valence-electron chi connectivity index (χ1n) is 3.86. The van der Waals surface area contributed by atoms with Crippen LogP contribution in [0.2, 0.25) is 0 Å². The first kappa shape index (κ1) is 12.1. The van der Waals surface area contributed by atoms with E-state index in [1.165, 1.54) is 6.07 Å². The van der Waals surface area contributed by atoms with Crippen LogP contribution in [0.3, 0.4) is 0 Å². The van der Waals surface area contributed by atoms with Crippen LogP contribution >= 0.6 is 12.4 Å². The molecule has 0 heterocycles. The highest BCUT2D eigenvalue weighted by Gasteiger charge is 2.07. The molecule has 0 fully saturated rings. The minimum atomic E-state index is -0.274. The first-order chi connectivity index (χ1) is 5.75. The summed E-state index contributed by atoms with van der Waals surface area (Å²) >= 11 is 0. The highest BCUT2D eigenvalue weighted by molar-refractivity contribution is 5.85. The number of rotatable bonds is 3. The molecule has 0 saturated carbocycles. The standard InChI is InChI=1S/C10H12FN.ClH/c1-2-5-10(12)8-6-3-4-7-9(8)11;/h2-4,6-7,10H,1,5,12H2;1H/t10-;/m1./s1. The molecule has 0 aliphatic rings. The monoisotopic (exact) mass is 201 g/mol. The highest BCUT2D eigenvalue weighted by Crippen LogP contribution is 2.17. The van der Waals surface area contributed by atoms with E-state index < -0.39 is 0 Å². The van der Waals surface area contributed by atoms with Crippen molar-refractivity contribution < 1.29 is 4.39 Å². The van der Waals surface area contributed by atoms with Crippen molar-refractivity contribution >= 4 is 12.4 Å². The molecule has 0 spiro atoms. The zero-order chi connectivity index (χ0) is 8.97. The van der Waals surface area contributed by atoms with E-state index in [1.807, 2.05) is 0 Å². The molecule has 3 heteroatoms. The quantitative estimate of drug-likeness (QED) is 0.748. The van der Waals surface area contributed by atoms with E-state index in [-0.39, 0.29) is 24.3 Å². The number of nitrogens with two attached hydrogens (primary N) is 1. The first-order valence-corrected chi connectivity index (χ1v) is 3.86. The third-order valence-electron chi connectivity index (χ3n) is 1.73. The van der Waals surface area contributed by atoms with Crippen LogP contribution in [-0.4, -0.2) is 0 Å². The molecule has 1 atom stereocenters. The number of hydrogen-bond acceptors (Lipinski definition) is 1. The van der Waals surface area contributed by atoms with Crippen LogP contribution in [0.15, 0.2) is 36.9 Å². The summed E-state index contributed by atoms with van der Waals surface area (Å²) in [5.41, 5.74) is 6.25. The maximum Gasteiger partial charge on any atom is 0.127 e. The summed E-state index contributed by atoms with van der Waals surface area (Å²) in [6.45, 7) is 3.55. The van der Waals surface area contributed by atoms with Gasteiger partial charge in [-0.05, 0) is 12.5 Å². The van der Waals surface area contributed by atoms with Crippen LogP contribution in [-0.2, 0) is 0 Å². The second-order valence-corrected chi connectivity index (χ2v) is 2.65. The Bertz CT molecular complexity index is 275. The van der Waals surface area contributed by atoms with Crippen molar-refractivity contribution in [3.8, 4) is 0 Å². The molecule has 2 N–H and O–H groups in total. The van der Waals surface area contributed by atoms with Crippen LogP contribution in [0.1, 0.15) is 18.0 Å². The largest absolute Gasteiger partial charge is 0.324 e. The summed E-state index contributed by atoms with van der Waals surface area (Å²) in [6.07, 6.45) is 2.29. The van der Waals surface area contributed by atoms with Gasteiger partial charge in [0, 0.05) is 11.6 Å². The molecule has 72 valence electrons. The number of halogens is 2.